The molecule has 1 aromatic heterocycles. The molecule has 0 fully saturated rings. The largest absolute Gasteiger partial charge is 0.381 e. The van der Waals surface area contributed by atoms with Crippen LogP contribution in [0.5, 0.6) is 0 Å². The molecule has 88 valence electrons. The number of halogens is 1. The first-order chi connectivity index (χ1) is 8.28. The van der Waals surface area contributed by atoms with Gasteiger partial charge in [0.2, 0.25) is 0 Å². The van der Waals surface area contributed by atoms with Gasteiger partial charge >= 0.3 is 0 Å². The Kier molecular flexibility index (Phi) is 3.67. The minimum atomic E-state index is -0.234. The number of nitrogens with zero attached hydrogens (tertiary/aromatic N) is 1. The molecule has 0 bridgehead atoms. The lowest BCUT2D eigenvalue weighted by Crippen LogP contribution is -2.03. The van der Waals surface area contributed by atoms with Crippen LogP contribution in [-0.4, -0.2) is 4.98 Å². The molecule has 0 saturated heterocycles. The standard InChI is InChI=1S/C13H14FN3/c14-12-1-3-13(4-2-12)17-9-11-5-10(6-15)7-16-8-11/h1-5,7-8,17H,6,9,15H2. The van der Waals surface area contributed by atoms with Crippen molar-refractivity contribution < 1.29 is 4.39 Å². The Balaban J connectivity index is 1.99. The number of nitrogens with two attached hydrogens (primary N) is 1. The fraction of sp³-hybridized carbons (Fsp3) is 0.154. The molecule has 2 rings (SSSR count). The molecule has 0 aliphatic rings. The zero-order valence-corrected chi connectivity index (χ0v) is 9.36. The number of rotatable bonds is 4. The van der Waals surface area contributed by atoms with E-state index in [0.717, 1.165) is 16.8 Å². The van der Waals surface area contributed by atoms with Gasteiger partial charge in [-0.25, -0.2) is 4.39 Å². The Bertz CT molecular complexity index is 482. The summed E-state index contributed by atoms with van der Waals surface area (Å²) in [7, 11) is 0. The van der Waals surface area contributed by atoms with Crippen LogP contribution < -0.4 is 11.1 Å². The highest BCUT2D eigenvalue weighted by molar-refractivity contribution is 5.43. The minimum absolute atomic E-state index is 0.234. The maximum Gasteiger partial charge on any atom is 0.123 e. The fourth-order valence-electron chi connectivity index (χ4n) is 1.52. The van der Waals surface area contributed by atoms with Crippen LogP contribution in [0.25, 0.3) is 0 Å². The predicted octanol–water partition coefficient (Wildman–Crippen LogP) is 2.29. The first kappa shape index (κ1) is 11.5. The number of nitrogens with one attached hydrogen (secondary N) is 1. The Morgan fingerprint density at radius 2 is 1.82 bits per heavy atom. The topological polar surface area (TPSA) is 50.9 Å². The van der Waals surface area contributed by atoms with Crippen LogP contribution in [0.3, 0.4) is 0 Å². The normalized spacial score (nSPS) is 10.2. The van der Waals surface area contributed by atoms with Crippen molar-refractivity contribution in [2.45, 2.75) is 13.1 Å². The van der Waals surface area contributed by atoms with Crippen LogP contribution in [0.15, 0.2) is 42.7 Å². The first-order valence-electron chi connectivity index (χ1n) is 5.40. The number of hydrogen-bond donors (Lipinski definition) is 2. The van der Waals surface area contributed by atoms with Crippen LogP contribution in [-0.2, 0) is 13.1 Å². The van der Waals surface area contributed by atoms with Gasteiger partial charge in [0.1, 0.15) is 5.82 Å². The van der Waals surface area contributed by atoms with Crippen molar-refractivity contribution in [2.24, 2.45) is 5.73 Å². The van der Waals surface area contributed by atoms with Crippen LogP contribution >= 0.6 is 0 Å². The van der Waals surface area contributed by atoms with E-state index in [4.69, 9.17) is 5.73 Å². The zero-order valence-electron chi connectivity index (χ0n) is 9.36. The SMILES string of the molecule is NCc1cncc(CNc2ccc(F)cc2)c1. The lowest BCUT2D eigenvalue weighted by molar-refractivity contribution is 0.628. The molecular formula is C13H14FN3. The highest BCUT2D eigenvalue weighted by atomic mass is 19.1. The Morgan fingerprint density at radius 3 is 2.53 bits per heavy atom. The highest BCUT2D eigenvalue weighted by Crippen LogP contribution is 2.10. The summed E-state index contributed by atoms with van der Waals surface area (Å²) in [6, 6.07) is 8.27. The van der Waals surface area contributed by atoms with E-state index in [-0.39, 0.29) is 5.82 Å². The smallest absolute Gasteiger partial charge is 0.123 e. The molecule has 1 aromatic carbocycles. The average molecular weight is 231 g/mol. The molecule has 2 aromatic rings. The molecule has 0 aliphatic heterocycles. The zero-order chi connectivity index (χ0) is 12.1. The van der Waals surface area contributed by atoms with Crippen LogP contribution in [0.1, 0.15) is 11.1 Å². The summed E-state index contributed by atoms with van der Waals surface area (Å²) in [5.41, 5.74) is 8.48. The van der Waals surface area contributed by atoms with Gasteiger partial charge < -0.3 is 11.1 Å². The minimum Gasteiger partial charge on any atom is -0.381 e. The summed E-state index contributed by atoms with van der Waals surface area (Å²) < 4.78 is 12.7. The Labute approximate surface area is 99.5 Å². The lowest BCUT2D eigenvalue weighted by atomic mass is 10.2. The van der Waals surface area contributed by atoms with Crippen molar-refractivity contribution in [3.05, 3.63) is 59.7 Å². The number of hydrogen-bond acceptors (Lipinski definition) is 3. The molecule has 0 aliphatic carbocycles. The molecule has 0 unspecified atom stereocenters. The molecule has 1 heterocycles. The summed E-state index contributed by atoms with van der Waals surface area (Å²) in [6.07, 6.45) is 3.54. The monoisotopic (exact) mass is 231 g/mol. The third-order valence-corrected chi connectivity index (χ3v) is 2.43. The van der Waals surface area contributed by atoms with E-state index >= 15 is 0 Å². The van der Waals surface area contributed by atoms with Gasteiger partial charge in [-0.15, -0.1) is 0 Å². The number of anilines is 1. The quantitative estimate of drug-likeness (QED) is 0.848. The third-order valence-electron chi connectivity index (χ3n) is 2.43. The van der Waals surface area contributed by atoms with E-state index in [0.29, 0.717) is 13.1 Å². The molecule has 0 atom stereocenters. The first-order valence-corrected chi connectivity index (χ1v) is 5.40. The summed E-state index contributed by atoms with van der Waals surface area (Å²) in [5.74, 6) is -0.234. The molecule has 0 radical (unpaired) electrons. The molecular weight excluding hydrogens is 217 g/mol. The lowest BCUT2D eigenvalue weighted by Gasteiger charge is -2.07. The second-order valence-corrected chi connectivity index (χ2v) is 3.77. The van der Waals surface area contributed by atoms with Crippen molar-refractivity contribution >= 4 is 5.69 Å². The number of pyridine rings is 1. The van der Waals surface area contributed by atoms with Gasteiger partial charge in [-0.05, 0) is 41.5 Å². The van der Waals surface area contributed by atoms with Gasteiger partial charge in [0, 0.05) is 31.2 Å². The van der Waals surface area contributed by atoms with Gasteiger partial charge in [-0.2, -0.15) is 0 Å². The van der Waals surface area contributed by atoms with Gasteiger partial charge in [0.15, 0.2) is 0 Å². The van der Waals surface area contributed by atoms with Crippen LogP contribution in [0.2, 0.25) is 0 Å². The van der Waals surface area contributed by atoms with Gasteiger partial charge in [0.05, 0.1) is 0 Å². The van der Waals surface area contributed by atoms with Crippen molar-refractivity contribution in [3.63, 3.8) is 0 Å². The summed E-state index contributed by atoms with van der Waals surface area (Å²) in [6.45, 7) is 1.13. The Hall–Kier alpha value is -1.94. The molecule has 3 N–H and O–H groups in total. The maximum absolute atomic E-state index is 12.7. The van der Waals surface area contributed by atoms with E-state index in [2.05, 4.69) is 10.3 Å². The van der Waals surface area contributed by atoms with E-state index < -0.39 is 0 Å². The molecule has 0 amide bonds. The average Bonchev–Trinajstić information content (AvgIpc) is 2.38. The van der Waals surface area contributed by atoms with Crippen molar-refractivity contribution in [2.75, 3.05) is 5.32 Å². The van der Waals surface area contributed by atoms with E-state index in [1.807, 2.05) is 6.07 Å². The fourth-order valence-corrected chi connectivity index (χ4v) is 1.52. The number of benzene rings is 1. The second kappa shape index (κ2) is 5.41. The van der Waals surface area contributed by atoms with Gasteiger partial charge in [-0.1, -0.05) is 0 Å². The van der Waals surface area contributed by atoms with E-state index in [1.165, 1.54) is 12.1 Å². The van der Waals surface area contributed by atoms with E-state index in [1.54, 1.807) is 24.5 Å². The molecule has 4 heteroatoms. The molecule has 17 heavy (non-hydrogen) atoms. The van der Waals surface area contributed by atoms with Crippen molar-refractivity contribution in [3.8, 4) is 0 Å². The third kappa shape index (κ3) is 3.26. The van der Waals surface area contributed by atoms with Crippen molar-refractivity contribution in [1.29, 1.82) is 0 Å². The Morgan fingerprint density at radius 1 is 1.12 bits per heavy atom. The number of aromatic nitrogens is 1. The van der Waals surface area contributed by atoms with E-state index in [9.17, 15) is 4.39 Å². The van der Waals surface area contributed by atoms with Crippen LogP contribution in [0, 0.1) is 5.82 Å². The molecule has 0 saturated carbocycles. The van der Waals surface area contributed by atoms with Crippen LogP contribution in [0.4, 0.5) is 10.1 Å². The highest BCUT2D eigenvalue weighted by Gasteiger charge is 1.97. The van der Waals surface area contributed by atoms with Gasteiger partial charge in [-0.3, -0.25) is 4.98 Å². The maximum atomic E-state index is 12.7. The second-order valence-electron chi connectivity index (χ2n) is 3.77. The van der Waals surface area contributed by atoms with Gasteiger partial charge in [0.25, 0.3) is 0 Å². The summed E-state index contributed by atoms with van der Waals surface area (Å²) in [4.78, 5) is 4.10. The molecule has 3 nitrogen and oxygen atoms in total. The summed E-state index contributed by atoms with van der Waals surface area (Å²) in [5, 5.41) is 3.19. The summed E-state index contributed by atoms with van der Waals surface area (Å²) >= 11 is 0. The predicted molar refractivity (Wildman–Crippen MR) is 65.9 cm³/mol. The molecule has 0 spiro atoms. The van der Waals surface area contributed by atoms with Crippen molar-refractivity contribution in [1.82, 2.24) is 4.98 Å².